The molecule has 0 spiro atoms. The molecule has 4 rings (SSSR count). The van der Waals surface area contributed by atoms with Crippen LogP contribution in [0.3, 0.4) is 0 Å². The minimum Gasteiger partial charge on any atom is -0.493 e. The molecule has 0 bridgehead atoms. The van der Waals surface area contributed by atoms with Crippen LogP contribution < -0.4 is 10.6 Å². The van der Waals surface area contributed by atoms with Crippen LogP contribution in [0.5, 0.6) is 0 Å². The van der Waals surface area contributed by atoms with Gasteiger partial charge in [-0.2, -0.15) is 13.2 Å². The predicted octanol–water partition coefficient (Wildman–Crippen LogP) is 3.60. The molecule has 28 heavy (non-hydrogen) atoms. The molecule has 2 heterocycles. The van der Waals surface area contributed by atoms with E-state index in [1.807, 2.05) is 0 Å². The van der Waals surface area contributed by atoms with Gasteiger partial charge in [-0.05, 0) is 42.2 Å². The number of hydrogen-bond acceptors (Lipinski definition) is 3. The average molecular weight is 396 g/mol. The van der Waals surface area contributed by atoms with Crippen LogP contribution in [0.1, 0.15) is 30.4 Å². The van der Waals surface area contributed by atoms with Gasteiger partial charge in [-0.15, -0.1) is 0 Å². The van der Waals surface area contributed by atoms with Gasteiger partial charge in [-0.3, -0.25) is 4.79 Å². The van der Waals surface area contributed by atoms with Crippen LogP contribution in [0, 0.1) is 5.92 Å². The SMILES string of the molecule is O=C1CC2C3=C(C=C(F)C2N1)CCC(CNCc1ccc(C(F)(F)F)cc1)O3. The normalized spacial score (nSPS) is 26.9. The number of nitrogens with one attached hydrogen (secondary N) is 2. The second kappa shape index (κ2) is 7.24. The molecule has 2 aliphatic heterocycles. The Morgan fingerprint density at radius 1 is 1.21 bits per heavy atom. The van der Waals surface area contributed by atoms with E-state index in [2.05, 4.69) is 10.6 Å². The zero-order valence-corrected chi connectivity index (χ0v) is 15.0. The van der Waals surface area contributed by atoms with E-state index in [9.17, 15) is 22.4 Å². The van der Waals surface area contributed by atoms with Crippen LogP contribution in [0.25, 0.3) is 0 Å². The first-order chi connectivity index (χ1) is 13.3. The van der Waals surface area contributed by atoms with E-state index in [0.717, 1.165) is 23.3 Å². The van der Waals surface area contributed by atoms with E-state index in [-0.39, 0.29) is 30.2 Å². The highest BCUT2D eigenvalue weighted by atomic mass is 19.4. The molecule has 0 aromatic heterocycles. The summed E-state index contributed by atoms with van der Waals surface area (Å²) in [6.45, 7) is 0.938. The third-order valence-corrected chi connectivity index (χ3v) is 5.40. The topological polar surface area (TPSA) is 50.4 Å². The number of rotatable bonds is 4. The van der Waals surface area contributed by atoms with Gasteiger partial charge < -0.3 is 15.4 Å². The average Bonchev–Trinajstić information content (AvgIpc) is 3.04. The maximum absolute atomic E-state index is 14.1. The lowest BCUT2D eigenvalue weighted by Gasteiger charge is -2.34. The van der Waals surface area contributed by atoms with Crippen molar-refractivity contribution in [2.45, 2.75) is 44.1 Å². The number of halogens is 4. The zero-order valence-electron chi connectivity index (χ0n) is 15.0. The van der Waals surface area contributed by atoms with Crippen molar-refractivity contribution in [2.75, 3.05) is 6.54 Å². The van der Waals surface area contributed by atoms with Gasteiger partial charge in [0.2, 0.25) is 5.91 Å². The molecule has 1 aromatic carbocycles. The zero-order chi connectivity index (χ0) is 19.9. The van der Waals surface area contributed by atoms with Gasteiger partial charge in [0.25, 0.3) is 0 Å². The van der Waals surface area contributed by atoms with Crippen molar-refractivity contribution in [3.63, 3.8) is 0 Å². The van der Waals surface area contributed by atoms with Gasteiger partial charge >= 0.3 is 6.18 Å². The Balaban J connectivity index is 1.33. The highest BCUT2D eigenvalue weighted by Gasteiger charge is 2.44. The molecule has 3 unspecified atom stereocenters. The first-order valence-corrected chi connectivity index (χ1v) is 9.24. The fourth-order valence-electron chi connectivity index (χ4n) is 3.97. The number of carbonyl (C=O) groups is 1. The Morgan fingerprint density at radius 3 is 2.68 bits per heavy atom. The van der Waals surface area contributed by atoms with E-state index in [1.54, 1.807) is 0 Å². The van der Waals surface area contributed by atoms with Gasteiger partial charge in [0.15, 0.2) is 0 Å². The molecule has 1 aromatic rings. The molecule has 3 aliphatic rings. The molecule has 2 N–H and O–H groups in total. The van der Waals surface area contributed by atoms with Gasteiger partial charge in [-0.1, -0.05) is 12.1 Å². The lowest BCUT2D eigenvalue weighted by Crippen LogP contribution is -2.38. The maximum atomic E-state index is 14.1. The monoisotopic (exact) mass is 396 g/mol. The van der Waals surface area contributed by atoms with Crippen LogP contribution >= 0.6 is 0 Å². The molecule has 4 nitrogen and oxygen atoms in total. The molecular formula is C20H20F4N2O2. The number of allylic oxidation sites excluding steroid dienone is 2. The van der Waals surface area contributed by atoms with Crippen molar-refractivity contribution in [2.24, 2.45) is 5.92 Å². The summed E-state index contributed by atoms with van der Waals surface area (Å²) in [6.07, 6.45) is -1.40. The number of amides is 1. The number of fused-ring (bicyclic) bond motifs is 2. The van der Waals surface area contributed by atoms with E-state index >= 15 is 0 Å². The smallest absolute Gasteiger partial charge is 0.416 e. The van der Waals surface area contributed by atoms with Crippen molar-refractivity contribution in [1.82, 2.24) is 10.6 Å². The van der Waals surface area contributed by atoms with Gasteiger partial charge in [0.05, 0.1) is 17.5 Å². The van der Waals surface area contributed by atoms with Crippen LogP contribution in [-0.2, 0) is 22.3 Å². The molecule has 0 radical (unpaired) electrons. The fraction of sp³-hybridized carbons (Fsp3) is 0.450. The Labute approximate surface area is 159 Å². The second-order valence-corrected chi connectivity index (χ2v) is 7.38. The maximum Gasteiger partial charge on any atom is 0.416 e. The fourth-order valence-corrected chi connectivity index (χ4v) is 3.97. The largest absolute Gasteiger partial charge is 0.493 e. The number of hydrogen-bond donors (Lipinski definition) is 2. The number of alkyl halides is 3. The van der Waals surface area contributed by atoms with Crippen LogP contribution in [0.2, 0.25) is 0 Å². The minimum atomic E-state index is -4.34. The summed E-state index contributed by atoms with van der Waals surface area (Å²) >= 11 is 0. The molecule has 1 saturated heterocycles. The van der Waals surface area contributed by atoms with E-state index in [1.165, 1.54) is 18.2 Å². The standard InChI is InChI=1S/C20H20F4N2O2/c21-16-7-12-3-6-14(28-19(12)15-8-17(27)26-18(15)16)10-25-9-11-1-4-13(5-2-11)20(22,23)24/h1-2,4-5,7,14-15,18,25H,3,6,8-10H2,(H,26,27). The summed E-state index contributed by atoms with van der Waals surface area (Å²) in [5.41, 5.74) is 0.893. The molecule has 1 fully saturated rings. The lowest BCUT2D eigenvalue weighted by atomic mass is 9.85. The Bertz CT molecular complexity index is 830. The second-order valence-electron chi connectivity index (χ2n) is 7.38. The first-order valence-electron chi connectivity index (χ1n) is 9.24. The third-order valence-electron chi connectivity index (χ3n) is 5.40. The molecule has 8 heteroatoms. The van der Waals surface area contributed by atoms with E-state index < -0.39 is 17.8 Å². The van der Waals surface area contributed by atoms with Gasteiger partial charge in [-0.25, -0.2) is 4.39 Å². The summed E-state index contributed by atoms with van der Waals surface area (Å²) in [4.78, 5) is 11.7. The van der Waals surface area contributed by atoms with E-state index in [0.29, 0.717) is 31.7 Å². The quantitative estimate of drug-likeness (QED) is 0.765. The Kier molecular flexibility index (Phi) is 4.91. The predicted molar refractivity (Wildman–Crippen MR) is 93.5 cm³/mol. The lowest BCUT2D eigenvalue weighted by molar-refractivity contribution is -0.137. The minimum absolute atomic E-state index is 0.126. The summed E-state index contributed by atoms with van der Waals surface area (Å²) in [6, 6.07) is 4.40. The Hall–Kier alpha value is -2.35. The molecule has 0 saturated carbocycles. The third kappa shape index (κ3) is 3.78. The highest BCUT2D eigenvalue weighted by molar-refractivity contribution is 5.80. The number of carbonyl (C=O) groups excluding carboxylic acids is 1. The molecular weight excluding hydrogens is 376 g/mol. The molecule has 1 amide bonds. The Morgan fingerprint density at radius 2 is 1.96 bits per heavy atom. The van der Waals surface area contributed by atoms with E-state index in [4.69, 9.17) is 4.74 Å². The number of benzene rings is 1. The van der Waals surface area contributed by atoms with Gasteiger partial charge in [0.1, 0.15) is 17.7 Å². The molecule has 1 aliphatic carbocycles. The first kappa shape index (κ1) is 19.0. The summed E-state index contributed by atoms with van der Waals surface area (Å²) in [5, 5.41) is 5.84. The van der Waals surface area contributed by atoms with Crippen LogP contribution in [-0.4, -0.2) is 24.6 Å². The van der Waals surface area contributed by atoms with Crippen molar-refractivity contribution in [3.8, 4) is 0 Å². The highest BCUT2D eigenvalue weighted by Crippen LogP contribution is 2.41. The van der Waals surface area contributed by atoms with Crippen molar-refractivity contribution in [3.05, 3.63) is 58.6 Å². The molecule has 3 atom stereocenters. The van der Waals surface area contributed by atoms with Gasteiger partial charge in [0, 0.05) is 19.5 Å². The summed E-state index contributed by atoms with van der Waals surface area (Å²) in [5.74, 6) is -0.113. The summed E-state index contributed by atoms with van der Waals surface area (Å²) in [7, 11) is 0. The number of ether oxygens (including phenoxy) is 1. The molecule has 150 valence electrons. The van der Waals surface area contributed by atoms with Crippen LogP contribution in [0.15, 0.2) is 47.5 Å². The van der Waals surface area contributed by atoms with Crippen molar-refractivity contribution in [1.29, 1.82) is 0 Å². The summed E-state index contributed by atoms with van der Waals surface area (Å²) < 4.78 is 58.0. The van der Waals surface area contributed by atoms with Crippen LogP contribution in [0.4, 0.5) is 17.6 Å². The van der Waals surface area contributed by atoms with Crippen molar-refractivity contribution >= 4 is 5.91 Å². The van der Waals surface area contributed by atoms with Crippen molar-refractivity contribution < 1.29 is 27.1 Å².